The fourth-order valence-electron chi connectivity index (χ4n) is 4.97. The van der Waals surface area contributed by atoms with Gasteiger partial charge in [0.2, 0.25) is 17.7 Å². The fraction of sp³-hybridized carbons (Fsp3) is 0.286. The fourth-order valence-corrected chi connectivity index (χ4v) is 4.97. The van der Waals surface area contributed by atoms with E-state index >= 15 is 0 Å². The summed E-state index contributed by atoms with van der Waals surface area (Å²) in [7, 11) is 1.50. The van der Waals surface area contributed by atoms with E-state index in [-0.39, 0.29) is 23.8 Å². The van der Waals surface area contributed by atoms with Crippen LogP contribution < -0.4 is 20.3 Å². The molecule has 0 aromatic heterocycles. The van der Waals surface area contributed by atoms with E-state index in [1.54, 1.807) is 30.3 Å². The van der Waals surface area contributed by atoms with Gasteiger partial charge in [0.15, 0.2) is 0 Å². The van der Waals surface area contributed by atoms with Crippen molar-refractivity contribution < 1.29 is 19.1 Å². The Bertz CT molecular complexity index is 1040. The first-order valence-corrected chi connectivity index (χ1v) is 9.20. The third-order valence-corrected chi connectivity index (χ3v) is 6.10. The minimum Gasteiger partial charge on any atom is -0.495 e. The van der Waals surface area contributed by atoms with Crippen molar-refractivity contribution >= 4 is 29.1 Å². The van der Waals surface area contributed by atoms with E-state index in [1.165, 1.54) is 12.0 Å². The molecular formula is C21H19N3O4. The number of para-hydroxylation sites is 3. The van der Waals surface area contributed by atoms with Crippen LogP contribution in [0.15, 0.2) is 48.5 Å². The summed E-state index contributed by atoms with van der Waals surface area (Å²) in [4.78, 5) is 41.1. The van der Waals surface area contributed by atoms with Crippen LogP contribution in [-0.4, -0.2) is 30.9 Å². The maximum atomic E-state index is 13.6. The molecule has 2 aromatic carbocycles. The Kier molecular flexibility index (Phi) is 3.42. The minimum absolute atomic E-state index is 0.295. The highest BCUT2D eigenvalue weighted by molar-refractivity contribution is 6.26. The molecule has 3 aliphatic heterocycles. The number of nitrogens with zero attached hydrogens (tertiary/aromatic N) is 1. The SMILES string of the molecule is COc1ccccc1N1C(=O)[C@@H]2[C@H](C)N[C@@]3(C(=O)Nc4ccccc43)[C@H]2C1=O. The zero-order valence-corrected chi connectivity index (χ0v) is 15.4. The van der Waals surface area contributed by atoms with Crippen LogP contribution in [0.1, 0.15) is 12.5 Å². The Hall–Kier alpha value is -3.19. The molecule has 2 aromatic rings. The second-order valence-electron chi connectivity index (χ2n) is 7.43. The first-order chi connectivity index (χ1) is 13.5. The zero-order valence-electron chi connectivity index (χ0n) is 15.4. The first-order valence-electron chi connectivity index (χ1n) is 9.20. The number of benzene rings is 2. The number of nitrogens with one attached hydrogen (secondary N) is 2. The standard InChI is InChI=1S/C21H19N3O4/c1-11-16-17(21(23-11)12-7-3-4-8-13(12)22-20(21)27)19(26)24(18(16)25)14-9-5-6-10-15(14)28-2/h3-11,16-17,23H,1-2H3,(H,22,27)/t11-,16+,17+,21+/m0/s1. The number of rotatable bonds is 2. The van der Waals surface area contributed by atoms with Crippen molar-refractivity contribution in [2.75, 3.05) is 17.3 Å². The van der Waals surface area contributed by atoms with Gasteiger partial charge in [0.25, 0.3) is 0 Å². The summed E-state index contributed by atoms with van der Waals surface area (Å²) in [6, 6.07) is 13.9. The maximum Gasteiger partial charge on any atom is 0.250 e. The molecule has 3 amide bonds. The van der Waals surface area contributed by atoms with Gasteiger partial charge in [-0.15, -0.1) is 0 Å². The summed E-state index contributed by atoms with van der Waals surface area (Å²) in [5.74, 6) is -2.00. The lowest BCUT2D eigenvalue weighted by Crippen LogP contribution is -2.53. The highest BCUT2D eigenvalue weighted by Crippen LogP contribution is 2.53. The van der Waals surface area contributed by atoms with Gasteiger partial charge in [-0.3, -0.25) is 19.7 Å². The molecule has 2 fully saturated rings. The van der Waals surface area contributed by atoms with E-state index < -0.39 is 17.4 Å². The number of ether oxygens (including phenoxy) is 1. The summed E-state index contributed by atoms with van der Waals surface area (Å²) < 4.78 is 5.36. The van der Waals surface area contributed by atoms with E-state index in [4.69, 9.17) is 4.74 Å². The number of hydrogen-bond acceptors (Lipinski definition) is 5. The molecule has 4 atom stereocenters. The van der Waals surface area contributed by atoms with Crippen molar-refractivity contribution in [2.45, 2.75) is 18.5 Å². The molecule has 3 aliphatic rings. The lowest BCUT2D eigenvalue weighted by atomic mass is 9.76. The van der Waals surface area contributed by atoms with Gasteiger partial charge in [-0.1, -0.05) is 30.3 Å². The smallest absolute Gasteiger partial charge is 0.250 e. The Morgan fingerprint density at radius 2 is 1.71 bits per heavy atom. The average Bonchev–Trinajstić information content (AvgIpc) is 3.26. The quantitative estimate of drug-likeness (QED) is 0.777. The maximum absolute atomic E-state index is 13.6. The Morgan fingerprint density at radius 1 is 1.00 bits per heavy atom. The highest BCUT2D eigenvalue weighted by atomic mass is 16.5. The van der Waals surface area contributed by atoms with Gasteiger partial charge in [-0.25, -0.2) is 4.90 Å². The Labute approximate surface area is 161 Å². The van der Waals surface area contributed by atoms with E-state index in [0.29, 0.717) is 22.7 Å². The van der Waals surface area contributed by atoms with E-state index in [1.807, 2.05) is 25.1 Å². The molecule has 3 heterocycles. The van der Waals surface area contributed by atoms with Gasteiger partial charge in [0.1, 0.15) is 11.3 Å². The van der Waals surface area contributed by atoms with Gasteiger partial charge >= 0.3 is 0 Å². The van der Waals surface area contributed by atoms with Gasteiger partial charge in [-0.05, 0) is 25.1 Å². The van der Waals surface area contributed by atoms with Crippen LogP contribution in [0.5, 0.6) is 5.75 Å². The summed E-state index contributed by atoms with van der Waals surface area (Å²) in [5, 5.41) is 6.15. The Balaban J connectivity index is 1.68. The van der Waals surface area contributed by atoms with Crippen molar-refractivity contribution in [1.82, 2.24) is 5.32 Å². The largest absolute Gasteiger partial charge is 0.495 e. The lowest BCUT2D eigenvalue weighted by Gasteiger charge is -2.29. The number of carbonyl (C=O) groups is 3. The summed E-state index contributed by atoms with van der Waals surface area (Å²) >= 11 is 0. The van der Waals surface area contributed by atoms with Crippen molar-refractivity contribution in [2.24, 2.45) is 11.8 Å². The summed E-state index contributed by atoms with van der Waals surface area (Å²) in [5.41, 5.74) is 0.541. The van der Waals surface area contributed by atoms with Crippen LogP contribution in [0, 0.1) is 11.8 Å². The molecule has 0 saturated carbocycles. The monoisotopic (exact) mass is 377 g/mol. The molecule has 2 N–H and O–H groups in total. The predicted molar refractivity (Wildman–Crippen MR) is 102 cm³/mol. The number of imide groups is 1. The van der Waals surface area contributed by atoms with E-state index in [0.717, 1.165) is 0 Å². The van der Waals surface area contributed by atoms with Gasteiger partial charge in [0.05, 0.1) is 24.6 Å². The van der Waals surface area contributed by atoms with Gasteiger partial charge < -0.3 is 10.1 Å². The summed E-state index contributed by atoms with van der Waals surface area (Å²) in [6.07, 6.45) is 0. The minimum atomic E-state index is -1.25. The van der Waals surface area contributed by atoms with Crippen molar-refractivity contribution in [3.05, 3.63) is 54.1 Å². The molecule has 28 heavy (non-hydrogen) atoms. The molecule has 7 heteroatoms. The Morgan fingerprint density at radius 3 is 2.50 bits per heavy atom. The van der Waals surface area contributed by atoms with Crippen LogP contribution in [-0.2, 0) is 19.9 Å². The third-order valence-electron chi connectivity index (χ3n) is 6.10. The molecule has 0 bridgehead atoms. The number of amides is 3. The second kappa shape index (κ2) is 5.65. The van der Waals surface area contributed by atoms with E-state index in [2.05, 4.69) is 10.6 Å². The molecule has 0 aliphatic carbocycles. The zero-order chi connectivity index (χ0) is 19.6. The molecule has 0 unspecified atom stereocenters. The lowest BCUT2D eigenvalue weighted by molar-refractivity contribution is -0.130. The molecule has 5 rings (SSSR count). The molecule has 7 nitrogen and oxygen atoms in total. The molecule has 2 saturated heterocycles. The molecule has 142 valence electrons. The highest BCUT2D eigenvalue weighted by Gasteiger charge is 2.70. The van der Waals surface area contributed by atoms with Gasteiger partial charge in [0, 0.05) is 17.3 Å². The number of hydrogen-bond donors (Lipinski definition) is 2. The van der Waals surface area contributed by atoms with Crippen LogP contribution in [0.3, 0.4) is 0 Å². The van der Waals surface area contributed by atoms with Crippen LogP contribution >= 0.6 is 0 Å². The topological polar surface area (TPSA) is 87.7 Å². The molecule has 0 radical (unpaired) electrons. The average molecular weight is 377 g/mol. The van der Waals surface area contributed by atoms with Crippen molar-refractivity contribution in [1.29, 1.82) is 0 Å². The second-order valence-corrected chi connectivity index (χ2v) is 7.43. The van der Waals surface area contributed by atoms with Crippen LogP contribution in [0.2, 0.25) is 0 Å². The van der Waals surface area contributed by atoms with Crippen LogP contribution in [0.4, 0.5) is 11.4 Å². The normalized spacial score (nSPS) is 30.6. The molecular weight excluding hydrogens is 358 g/mol. The number of carbonyl (C=O) groups excluding carboxylic acids is 3. The third kappa shape index (κ3) is 1.89. The molecule has 1 spiro atoms. The number of fused-ring (bicyclic) bond motifs is 4. The predicted octanol–water partition coefficient (Wildman–Crippen LogP) is 1.64. The number of anilines is 2. The van der Waals surface area contributed by atoms with Gasteiger partial charge in [-0.2, -0.15) is 0 Å². The van der Waals surface area contributed by atoms with E-state index in [9.17, 15) is 14.4 Å². The van der Waals surface area contributed by atoms with Crippen molar-refractivity contribution in [3.8, 4) is 5.75 Å². The van der Waals surface area contributed by atoms with Crippen LogP contribution in [0.25, 0.3) is 0 Å². The number of methoxy groups -OCH3 is 1. The first kappa shape index (κ1) is 16.9. The van der Waals surface area contributed by atoms with Crippen molar-refractivity contribution in [3.63, 3.8) is 0 Å². The summed E-state index contributed by atoms with van der Waals surface area (Å²) in [6.45, 7) is 1.84.